The third-order valence-corrected chi connectivity index (χ3v) is 2.15. The molecule has 0 aromatic carbocycles. The van der Waals surface area contributed by atoms with E-state index in [9.17, 15) is 5.11 Å². The van der Waals surface area contributed by atoms with E-state index in [1.54, 1.807) is 0 Å². The van der Waals surface area contributed by atoms with Crippen molar-refractivity contribution in [2.45, 2.75) is 53.6 Å². The molecule has 0 aliphatic heterocycles. The topological polar surface area (TPSA) is 29.5 Å². The zero-order valence-electron chi connectivity index (χ0n) is 10.3. The highest BCUT2D eigenvalue weighted by Gasteiger charge is 2.17. The summed E-state index contributed by atoms with van der Waals surface area (Å²) in [6.45, 7) is 12.0. The average molecular weight is 202 g/mol. The fraction of sp³-hybridized carbons (Fsp3) is 1.00. The van der Waals surface area contributed by atoms with Gasteiger partial charge in [0.2, 0.25) is 0 Å². The second-order valence-corrected chi connectivity index (χ2v) is 5.42. The highest BCUT2D eigenvalue weighted by atomic mass is 16.5. The van der Waals surface area contributed by atoms with E-state index >= 15 is 0 Å². The van der Waals surface area contributed by atoms with Crippen molar-refractivity contribution in [2.75, 3.05) is 13.2 Å². The average Bonchev–Trinajstić information content (AvgIpc) is 1.96. The summed E-state index contributed by atoms with van der Waals surface area (Å²) in [4.78, 5) is 0. The summed E-state index contributed by atoms with van der Waals surface area (Å²) in [6, 6.07) is 0. The number of hydrogen-bond acceptors (Lipinski definition) is 2. The van der Waals surface area contributed by atoms with Gasteiger partial charge in [-0.25, -0.2) is 0 Å². The molecular formula is C12H26O2. The van der Waals surface area contributed by atoms with Gasteiger partial charge in [-0.2, -0.15) is 0 Å². The van der Waals surface area contributed by atoms with Crippen LogP contribution in [0.5, 0.6) is 0 Å². The molecule has 0 aliphatic rings. The van der Waals surface area contributed by atoms with Crippen molar-refractivity contribution < 1.29 is 9.84 Å². The summed E-state index contributed by atoms with van der Waals surface area (Å²) in [5, 5.41) is 9.62. The van der Waals surface area contributed by atoms with E-state index in [0.29, 0.717) is 24.5 Å². The fourth-order valence-corrected chi connectivity index (χ4v) is 1.92. The first-order valence-corrected chi connectivity index (χ1v) is 5.61. The zero-order valence-corrected chi connectivity index (χ0v) is 10.3. The van der Waals surface area contributed by atoms with Gasteiger partial charge in [-0.15, -0.1) is 0 Å². The van der Waals surface area contributed by atoms with Crippen LogP contribution >= 0.6 is 0 Å². The molecule has 0 bridgehead atoms. The summed E-state index contributed by atoms with van der Waals surface area (Å²) in [6.07, 6.45) is 1.69. The lowest BCUT2D eigenvalue weighted by molar-refractivity contribution is 0.0273. The van der Waals surface area contributed by atoms with E-state index in [1.807, 2.05) is 6.92 Å². The maximum absolute atomic E-state index is 9.62. The highest BCUT2D eigenvalue weighted by Crippen LogP contribution is 2.26. The first-order chi connectivity index (χ1) is 6.35. The number of rotatable bonds is 6. The molecule has 2 nitrogen and oxygen atoms in total. The summed E-state index contributed by atoms with van der Waals surface area (Å²) < 4.78 is 5.18. The van der Waals surface area contributed by atoms with Crippen LogP contribution in [0.3, 0.4) is 0 Å². The maximum atomic E-state index is 9.62. The lowest BCUT2D eigenvalue weighted by atomic mass is 9.83. The minimum Gasteiger partial charge on any atom is -0.391 e. The molecule has 0 aromatic rings. The van der Waals surface area contributed by atoms with Crippen molar-refractivity contribution in [3.05, 3.63) is 0 Å². The molecule has 2 unspecified atom stereocenters. The molecule has 0 saturated heterocycles. The molecule has 86 valence electrons. The Hall–Kier alpha value is -0.0800. The zero-order chi connectivity index (χ0) is 11.2. The van der Waals surface area contributed by atoms with Gasteiger partial charge in [0, 0.05) is 6.61 Å². The van der Waals surface area contributed by atoms with Gasteiger partial charge >= 0.3 is 0 Å². The van der Waals surface area contributed by atoms with Crippen LogP contribution in [0.2, 0.25) is 0 Å². The quantitative estimate of drug-likeness (QED) is 0.717. The molecule has 2 heteroatoms. The molecule has 0 spiro atoms. The second kappa shape index (κ2) is 6.41. The molecule has 0 heterocycles. The lowest BCUT2D eigenvalue weighted by Crippen LogP contribution is -2.21. The second-order valence-electron chi connectivity index (χ2n) is 5.42. The maximum Gasteiger partial charge on any atom is 0.0776 e. The van der Waals surface area contributed by atoms with Crippen molar-refractivity contribution in [3.63, 3.8) is 0 Å². The van der Waals surface area contributed by atoms with Gasteiger partial charge in [0.15, 0.2) is 0 Å². The molecule has 0 aromatic heterocycles. The van der Waals surface area contributed by atoms with Gasteiger partial charge in [-0.1, -0.05) is 27.7 Å². The largest absolute Gasteiger partial charge is 0.391 e. The molecular weight excluding hydrogens is 176 g/mol. The van der Waals surface area contributed by atoms with Gasteiger partial charge < -0.3 is 9.84 Å². The van der Waals surface area contributed by atoms with Crippen LogP contribution in [0, 0.1) is 11.3 Å². The van der Waals surface area contributed by atoms with E-state index in [4.69, 9.17) is 4.74 Å². The van der Waals surface area contributed by atoms with Crippen molar-refractivity contribution >= 4 is 0 Å². The molecule has 0 radical (unpaired) electrons. The lowest BCUT2D eigenvalue weighted by Gasteiger charge is -2.24. The van der Waals surface area contributed by atoms with Crippen molar-refractivity contribution in [1.29, 1.82) is 0 Å². The molecule has 0 amide bonds. The number of hydrogen-bond donors (Lipinski definition) is 1. The number of ether oxygens (including phenoxy) is 1. The van der Waals surface area contributed by atoms with E-state index in [0.717, 1.165) is 12.8 Å². The van der Waals surface area contributed by atoms with Crippen LogP contribution in [-0.4, -0.2) is 24.4 Å². The molecule has 14 heavy (non-hydrogen) atoms. The molecule has 0 aliphatic carbocycles. The van der Waals surface area contributed by atoms with Crippen LogP contribution in [0.25, 0.3) is 0 Å². The van der Waals surface area contributed by atoms with Gasteiger partial charge in [0.25, 0.3) is 0 Å². The van der Waals surface area contributed by atoms with Crippen LogP contribution in [-0.2, 0) is 4.74 Å². The van der Waals surface area contributed by atoms with E-state index in [1.165, 1.54) is 0 Å². The predicted octanol–water partition coefficient (Wildman–Crippen LogP) is 2.85. The normalized spacial score (nSPS) is 16.7. The molecule has 0 saturated carbocycles. The van der Waals surface area contributed by atoms with Crippen LogP contribution in [0.1, 0.15) is 47.5 Å². The first-order valence-electron chi connectivity index (χ1n) is 5.61. The van der Waals surface area contributed by atoms with Gasteiger partial charge in [-0.05, 0) is 31.1 Å². The summed E-state index contributed by atoms with van der Waals surface area (Å²) in [5.74, 6) is 0.561. The Kier molecular flexibility index (Phi) is 6.38. The Morgan fingerprint density at radius 3 is 2.29 bits per heavy atom. The third kappa shape index (κ3) is 8.52. The molecule has 1 N–H and O–H groups in total. The minimum absolute atomic E-state index is 0.299. The Morgan fingerprint density at radius 1 is 1.29 bits per heavy atom. The SMILES string of the molecule is CCOCC(O)CC(C)CC(C)(C)C. The fourth-order valence-electron chi connectivity index (χ4n) is 1.92. The summed E-state index contributed by atoms with van der Waals surface area (Å²) >= 11 is 0. The van der Waals surface area contributed by atoms with E-state index in [-0.39, 0.29) is 6.10 Å². The standard InChI is InChI=1S/C12H26O2/c1-6-14-9-11(13)7-10(2)8-12(3,4)5/h10-11,13H,6-9H2,1-5H3. The van der Waals surface area contributed by atoms with Crippen molar-refractivity contribution in [1.82, 2.24) is 0 Å². The third-order valence-electron chi connectivity index (χ3n) is 2.15. The smallest absolute Gasteiger partial charge is 0.0776 e. The van der Waals surface area contributed by atoms with Crippen LogP contribution < -0.4 is 0 Å². The number of aliphatic hydroxyl groups is 1. The monoisotopic (exact) mass is 202 g/mol. The summed E-state index contributed by atoms with van der Waals surface area (Å²) in [5.41, 5.74) is 0.352. The highest BCUT2D eigenvalue weighted by molar-refractivity contribution is 4.69. The summed E-state index contributed by atoms with van der Waals surface area (Å²) in [7, 11) is 0. The van der Waals surface area contributed by atoms with Gasteiger partial charge in [-0.3, -0.25) is 0 Å². The Bertz CT molecular complexity index is 138. The van der Waals surface area contributed by atoms with Gasteiger partial charge in [0.05, 0.1) is 12.7 Å². The number of aliphatic hydroxyl groups excluding tert-OH is 1. The van der Waals surface area contributed by atoms with Crippen molar-refractivity contribution in [2.24, 2.45) is 11.3 Å². The van der Waals surface area contributed by atoms with Crippen LogP contribution in [0.15, 0.2) is 0 Å². The first kappa shape index (κ1) is 13.9. The molecule has 0 rings (SSSR count). The van der Waals surface area contributed by atoms with Crippen LogP contribution in [0.4, 0.5) is 0 Å². The Balaban J connectivity index is 3.65. The van der Waals surface area contributed by atoms with E-state index in [2.05, 4.69) is 27.7 Å². The van der Waals surface area contributed by atoms with E-state index < -0.39 is 0 Å². The Morgan fingerprint density at radius 2 is 1.86 bits per heavy atom. The molecule has 0 fully saturated rings. The minimum atomic E-state index is -0.299. The Labute approximate surface area is 88.7 Å². The van der Waals surface area contributed by atoms with Gasteiger partial charge in [0.1, 0.15) is 0 Å². The predicted molar refractivity (Wildman–Crippen MR) is 60.4 cm³/mol. The van der Waals surface area contributed by atoms with Crippen molar-refractivity contribution in [3.8, 4) is 0 Å². The molecule has 2 atom stereocenters.